The van der Waals surface area contributed by atoms with Gasteiger partial charge in [0.25, 0.3) is 5.91 Å². The Bertz CT molecular complexity index is 482. The molecule has 0 heterocycles. The van der Waals surface area contributed by atoms with Gasteiger partial charge >= 0.3 is 0 Å². The first-order chi connectivity index (χ1) is 9.40. The Morgan fingerprint density at radius 1 is 1.25 bits per heavy atom. The maximum Gasteiger partial charge on any atom is 0.251 e. The van der Waals surface area contributed by atoms with E-state index >= 15 is 0 Å². The van der Waals surface area contributed by atoms with Crippen molar-refractivity contribution in [3.05, 3.63) is 29.8 Å². The van der Waals surface area contributed by atoms with Crippen LogP contribution in [0.5, 0.6) is 0 Å². The number of hydrogen-bond acceptors (Lipinski definition) is 3. The summed E-state index contributed by atoms with van der Waals surface area (Å²) in [6, 6.07) is 6.68. The topological polar surface area (TPSA) is 78.4 Å². The summed E-state index contributed by atoms with van der Waals surface area (Å²) >= 11 is 0. The molecule has 0 aliphatic carbocycles. The van der Waals surface area contributed by atoms with Crippen molar-refractivity contribution in [1.82, 2.24) is 5.32 Å². The average Bonchev–Trinajstić information content (AvgIpc) is 2.44. The molecule has 0 saturated carbocycles. The zero-order chi connectivity index (χ0) is 15.2. The molecule has 0 aliphatic rings. The molecular weight excluding hydrogens is 256 g/mol. The molecule has 0 aliphatic heterocycles. The molecule has 0 radical (unpaired) electrons. The van der Waals surface area contributed by atoms with E-state index in [4.69, 9.17) is 0 Å². The average molecular weight is 278 g/mol. The van der Waals surface area contributed by atoms with Crippen LogP contribution in [0.2, 0.25) is 0 Å². The van der Waals surface area contributed by atoms with Crippen LogP contribution < -0.4 is 10.6 Å². The van der Waals surface area contributed by atoms with Crippen LogP contribution in [0.25, 0.3) is 0 Å². The minimum Gasteiger partial charge on any atom is -0.388 e. The van der Waals surface area contributed by atoms with Gasteiger partial charge in [-0.3, -0.25) is 9.59 Å². The molecule has 0 fully saturated rings. The van der Waals surface area contributed by atoms with E-state index in [0.29, 0.717) is 24.1 Å². The third-order valence-electron chi connectivity index (χ3n) is 3.34. The van der Waals surface area contributed by atoms with E-state index in [2.05, 4.69) is 10.6 Å². The van der Waals surface area contributed by atoms with Crippen molar-refractivity contribution >= 4 is 17.5 Å². The molecule has 0 bridgehead atoms. The van der Waals surface area contributed by atoms with Crippen molar-refractivity contribution in [2.75, 3.05) is 11.9 Å². The van der Waals surface area contributed by atoms with Gasteiger partial charge in [-0.2, -0.15) is 0 Å². The number of rotatable bonds is 6. The molecule has 0 saturated heterocycles. The Hall–Kier alpha value is -1.88. The largest absolute Gasteiger partial charge is 0.388 e. The maximum absolute atomic E-state index is 12.0. The standard InChI is InChI=1S/C15H22N2O3/c1-4-15(20,5-2)10-16-14(19)12-7-6-8-13(9-12)17-11(3)18/h6-9,20H,4-5,10H2,1-3H3,(H,16,19)(H,17,18). The molecule has 2 amide bonds. The van der Waals surface area contributed by atoms with Gasteiger partial charge in [-0.05, 0) is 31.0 Å². The van der Waals surface area contributed by atoms with Crippen LogP contribution >= 0.6 is 0 Å². The van der Waals surface area contributed by atoms with Gasteiger partial charge in [0.15, 0.2) is 0 Å². The zero-order valence-electron chi connectivity index (χ0n) is 12.2. The summed E-state index contributed by atoms with van der Waals surface area (Å²) < 4.78 is 0. The van der Waals surface area contributed by atoms with Gasteiger partial charge in [0.2, 0.25) is 5.91 Å². The Balaban J connectivity index is 2.70. The van der Waals surface area contributed by atoms with Gasteiger partial charge in [-0.25, -0.2) is 0 Å². The minimum atomic E-state index is -0.870. The second-order valence-corrected chi connectivity index (χ2v) is 4.88. The molecule has 0 atom stereocenters. The number of aliphatic hydroxyl groups is 1. The number of carbonyl (C=O) groups is 2. The summed E-state index contributed by atoms with van der Waals surface area (Å²) in [6.45, 7) is 5.39. The molecule has 5 nitrogen and oxygen atoms in total. The number of carbonyl (C=O) groups excluding carboxylic acids is 2. The molecule has 1 aromatic carbocycles. The predicted molar refractivity (Wildman–Crippen MR) is 78.6 cm³/mol. The fourth-order valence-corrected chi connectivity index (χ4v) is 1.79. The van der Waals surface area contributed by atoms with Crippen molar-refractivity contribution < 1.29 is 14.7 Å². The summed E-state index contributed by atoms with van der Waals surface area (Å²) in [5, 5.41) is 15.5. The van der Waals surface area contributed by atoms with Crippen LogP contribution in [0.3, 0.4) is 0 Å². The fourth-order valence-electron chi connectivity index (χ4n) is 1.79. The highest BCUT2D eigenvalue weighted by molar-refractivity contribution is 5.96. The molecule has 20 heavy (non-hydrogen) atoms. The van der Waals surface area contributed by atoms with E-state index in [0.717, 1.165) is 0 Å². The number of amides is 2. The van der Waals surface area contributed by atoms with Crippen molar-refractivity contribution in [3.8, 4) is 0 Å². The molecule has 0 aromatic heterocycles. The van der Waals surface area contributed by atoms with Crippen LogP contribution in [0.15, 0.2) is 24.3 Å². The lowest BCUT2D eigenvalue weighted by Crippen LogP contribution is -2.42. The molecule has 110 valence electrons. The van der Waals surface area contributed by atoms with Crippen LogP contribution in [-0.2, 0) is 4.79 Å². The van der Waals surface area contributed by atoms with Crippen LogP contribution in [0, 0.1) is 0 Å². The van der Waals surface area contributed by atoms with Crippen molar-refractivity contribution in [1.29, 1.82) is 0 Å². The van der Waals surface area contributed by atoms with Gasteiger partial charge in [0.05, 0.1) is 5.60 Å². The van der Waals surface area contributed by atoms with E-state index in [1.165, 1.54) is 6.92 Å². The van der Waals surface area contributed by atoms with E-state index in [9.17, 15) is 14.7 Å². The smallest absolute Gasteiger partial charge is 0.251 e. The minimum absolute atomic E-state index is 0.186. The SMILES string of the molecule is CCC(O)(CC)CNC(=O)c1cccc(NC(C)=O)c1. The highest BCUT2D eigenvalue weighted by atomic mass is 16.3. The lowest BCUT2D eigenvalue weighted by molar-refractivity contribution is -0.114. The lowest BCUT2D eigenvalue weighted by Gasteiger charge is -2.25. The van der Waals surface area contributed by atoms with Crippen molar-refractivity contribution in [2.24, 2.45) is 0 Å². The third kappa shape index (κ3) is 4.66. The van der Waals surface area contributed by atoms with Gasteiger partial charge < -0.3 is 15.7 Å². The Morgan fingerprint density at radius 2 is 1.90 bits per heavy atom. The monoisotopic (exact) mass is 278 g/mol. The van der Waals surface area contributed by atoms with E-state index in [-0.39, 0.29) is 18.4 Å². The fraction of sp³-hybridized carbons (Fsp3) is 0.467. The number of hydrogen-bond donors (Lipinski definition) is 3. The Kier molecular flexibility index (Phi) is 5.70. The van der Waals surface area contributed by atoms with E-state index < -0.39 is 5.60 Å². The van der Waals surface area contributed by atoms with Gasteiger partial charge in [0.1, 0.15) is 0 Å². The molecule has 5 heteroatoms. The molecule has 0 unspecified atom stereocenters. The zero-order valence-corrected chi connectivity index (χ0v) is 12.2. The van der Waals surface area contributed by atoms with Crippen LogP contribution in [-0.4, -0.2) is 29.1 Å². The molecule has 1 rings (SSSR count). The normalized spacial score (nSPS) is 11.0. The predicted octanol–water partition coefficient (Wildman–Crippen LogP) is 1.93. The third-order valence-corrected chi connectivity index (χ3v) is 3.34. The Morgan fingerprint density at radius 3 is 2.45 bits per heavy atom. The molecular formula is C15H22N2O3. The van der Waals surface area contributed by atoms with Crippen LogP contribution in [0.4, 0.5) is 5.69 Å². The highest BCUT2D eigenvalue weighted by Gasteiger charge is 2.23. The number of anilines is 1. The number of benzene rings is 1. The summed E-state index contributed by atoms with van der Waals surface area (Å²) in [7, 11) is 0. The first kappa shape index (κ1) is 16.2. The molecule has 1 aromatic rings. The quantitative estimate of drug-likeness (QED) is 0.744. The van der Waals surface area contributed by atoms with E-state index in [1.807, 2.05) is 13.8 Å². The van der Waals surface area contributed by atoms with Crippen molar-refractivity contribution in [2.45, 2.75) is 39.2 Å². The Labute approximate surface area is 119 Å². The first-order valence-corrected chi connectivity index (χ1v) is 6.78. The first-order valence-electron chi connectivity index (χ1n) is 6.78. The number of nitrogens with one attached hydrogen (secondary N) is 2. The lowest BCUT2D eigenvalue weighted by atomic mass is 9.97. The summed E-state index contributed by atoms with van der Waals surface area (Å²) in [5.74, 6) is -0.452. The molecule has 3 N–H and O–H groups in total. The summed E-state index contributed by atoms with van der Waals surface area (Å²) in [4.78, 5) is 23.0. The second kappa shape index (κ2) is 7.05. The van der Waals surface area contributed by atoms with Gasteiger partial charge in [0, 0.05) is 24.7 Å². The maximum atomic E-state index is 12.0. The second-order valence-electron chi connectivity index (χ2n) is 4.88. The summed E-state index contributed by atoms with van der Waals surface area (Å²) in [5.41, 5.74) is 0.155. The van der Waals surface area contributed by atoms with E-state index in [1.54, 1.807) is 24.3 Å². The summed E-state index contributed by atoms with van der Waals surface area (Å²) in [6.07, 6.45) is 1.16. The van der Waals surface area contributed by atoms with Gasteiger partial charge in [-0.15, -0.1) is 0 Å². The molecule has 0 spiro atoms. The highest BCUT2D eigenvalue weighted by Crippen LogP contribution is 2.14. The van der Waals surface area contributed by atoms with Crippen molar-refractivity contribution in [3.63, 3.8) is 0 Å². The van der Waals surface area contributed by atoms with Crippen LogP contribution in [0.1, 0.15) is 44.0 Å². The van der Waals surface area contributed by atoms with Gasteiger partial charge in [-0.1, -0.05) is 19.9 Å².